The van der Waals surface area contributed by atoms with E-state index >= 15 is 0 Å². The number of ether oxygens (including phenoxy) is 1. The maximum atomic E-state index is 12.0. The molecule has 0 aliphatic carbocycles. The van der Waals surface area contributed by atoms with Gasteiger partial charge in [0.25, 0.3) is 5.56 Å². The van der Waals surface area contributed by atoms with E-state index in [0.717, 1.165) is 25.9 Å². The number of rotatable bonds is 1. The van der Waals surface area contributed by atoms with E-state index in [9.17, 15) is 9.59 Å². The van der Waals surface area contributed by atoms with Crippen molar-refractivity contribution in [2.24, 2.45) is 7.05 Å². The Bertz CT molecular complexity index is 562. The van der Waals surface area contributed by atoms with Crippen molar-refractivity contribution < 1.29 is 9.53 Å². The molecule has 2 saturated heterocycles. The van der Waals surface area contributed by atoms with Crippen LogP contribution in [0, 0.1) is 0 Å². The van der Waals surface area contributed by atoms with Crippen LogP contribution in [0.5, 0.6) is 0 Å². The fourth-order valence-corrected chi connectivity index (χ4v) is 2.58. The van der Waals surface area contributed by atoms with E-state index in [2.05, 4.69) is 10.4 Å². The molecule has 0 saturated carbocycles. The van der Waals surface area contributed by atoms with Crippen molar-refractivity contribution in [2.75, 3.05) is 24.5 Å². The maximum absolute atomic E-state index is 12.0. The molecule has 2 aliphatic rings. The van der Waals surface area contributed by atoms with Gasteiger partial charge in [0, 0.05) is 26.0 Å². The molecule has 1 N–H and O–H groups in total. The predicted molar refractivity (Wildman–Crippen MR) is 68.1 cm³/mol. The van der Waals surface area contributed by atoms with Crippen LogP contribution < -0.4 is 15.8 Å². The van der Waals surface area contributed by atoms with Gasteiger partial charge in [0.15, 0.2) is 5.82 Å². The fourth-order valence-electron chi connectivity index (χ4n) is 2.58. The summed E-state index contributed by atoms with van der Waals surface area (Å²) in [4.78, 5) is 24.8. The monoisotopic (exact) mass is 264 g/mol. The van der Waals surface area contributed by atoms with Crippen molar-refractivity contribution in [2.45, 2.75) is 18.4 Å². The minimum Gasteiger partial charge on any atom is -0.440 e. The second kappa shape index (κ2) is 4.34. The van der Waals surface area contributed by atoms with Crippen LogP contribution in [0.2, 0.25) is 0 Å². The molecule has 1 amide bonds. The molecule has 1 aromatic rings. The molecule has 0 bridgehead atoms. The molecule has 0 unspecified atom stereocenters. The van der Waals surface area contributed by atoms with Crippen molar-refractivity contribution >= 4 is 11.9 Å². The zero-order valence-corrected chi connectivity index (χ0v) is 10.8. The first-order chi connectivity index (χ1) is 9.10. The van der Waals surface area contributed by atoms with E-state index in [0.29, 0.717) is 12.4 Å². The highest BCUT2D eigenvalue weighted by atomic mass is 16.6. The van der Waals surface area contributed by atoms with Gasteiger partial charge in [-0.05, 0) is 19.2 Å². The number of carbonyl (C=O) groups excluding carboxylic acids is 1. The first-order valence-corrected chi connectivity index (χ1v) is 6.35. The minimum absolute atomic E-state index is 0.201. The summed E-state index contributed by atoms with van der Waals surface area (Å²) in [6, 6.07) is 2.97. The third kappa shape index (κ3) is 2.10. The Morgan fingerprint density at radius 1 is 1.32 bits per heavy atom. The highest BCUT2D eigenvalue weighted by Crippen LogP contribution is 2.32. The fraction of sp³-hybridized carbons (Fsp3) is 0.583. The average Bonchev–Trinajstić information content (AvgIpc) is 2.70. The van der Waals surface area contributed by atoms with Gasteiger partial charge in [0.2, 0.25) is 0 Å². The van der Waals surface area contributed by atoms with Gasteiger partial charge in [-0.3, -0.25) is 9.69 Å². The SMILES string of the molecule is Cn1nc(N2CC3(CCNCC3)OC2=O)ccc1=O. The molecule has 0 atom stereocenters. The summed E-state index contributed by atoms with van der Waals surface area (Å²) in [5, 5.41) is 7.35. The number of anilines is 1. The van der Waals surface area contributed by atoms with Crippen LogP contribution in [0.1, 0.15) is 12.8 Å². The van der Waals surface area contributed by atoms with Crippen LogP contribution in [-0.2, 0) is 11.8 Å². The summed E-state index contributed by atoms with van der Waals surface area (Å²) in [7, 11) is 1.56. The number of nitrogens with one attached hydrogen (secondary N) is 1. The third-order valence-corrected chi connectivity index (χ3v) is 3.71. The first-order valence-electron chi connectivity index (χ1n) is 6.35. The first kappa shape index (κ1) is 12.2. The molecule has 0 radical (unpaired) electrons. The third-order valence-electron chi connectivity index (χ3n) is 3.71. The Balaban J connectivity index is 1.87. The van der Waals surface area contributed by atoms with E-state index in [1.165, 1.54) is 15.6 Å². The van der Waals surface area contributed by atoms with E-state index in [1.54, 1.807) is 13.1 Å². The number of nitrogens with zero attached hydrogens (tertiary/aromatic N) is 3. The Hall–Kier alpha value is -1.89. The van der Waals surface area contributed by atoms with Gasteiger partial charge in [0.1, 0.15) is 5.60 Å². The quantitative estimate of drug-likeness (QED) is 0.764. The van der Waals surface area contributed by atoms with Crippen LogP contribution >= 0.6 is 0 Å². The topological polar surface area (TPSA) is 76.5 Å². The maximum Gasteiger partial charge on any atom is 0.416 e. The second-order valence-electron chi connectivity index (χ2n) is 5.04. The average molecular weight is 264 g/mol. The zero-order valence-electron chi connectivity index (χ0n) is 10.8. The molecular formula is C12H16N4O3. The van der Waals surface area contributed by atoms with Gasteiger partial charge >= 0.3 is 6.09 Å². The van der Waals surface area contributed by atoms with Crippen LogP contribution in [0.3, 0.4) is 0 Å². The Labute approximate surface area is 110 Å². The van der Waals surface area contributed by atoms with Crippen molar-refractivity contribution in [3.05, 3.63) is 22.5 Å². The number of hydrogen-bond donors (Lipinski definition) is 1. The highest BCUT2D eigenvalue weighted by molar-refractivity contribution is 5.89. The molecule has 2 aliphatic heterocycles. The van der Waals surface area contributed by atoms with Gasteiger partial charge in [0.05, 0.1) is 6.54 Å². The summed E-state index contributed by atoms with van der Waals surface area (Å²) in [6.07, 6.45) is 1.23. The summed E-state index contributed by atoms with van der Waals surface area (Å²) in [5.41, 5.74) is -0.605. The number of aryl methyl sites for hydroxylation is 1. The van der Waals surface area contributed by atoms with Gasteiger partial charge in [-0.15, -0.1) is 0 Å². The summed E-state index contributed by atoms with van der Waals surface area (Å²) in [6.45, 7) is 2.20. The molecule has 3 rings (SSSR count). The Morgan fingerprint density at radius 2 is 2.05 bits per heavy atom. The minimum atomic E-state index is -0.404. The number of hydrogen-bond acceptors (Lipinski definition) is 5. The van der Waals surface area contributed by atoms with Crippen molar-refractivity contribution in [3.63, 3.8) is 0 Å². The lowest BCUT2D eigenvalue weighted by molar-refractivity contribution is 0.0316. The standard InChI is InChI=1S/C12H16N4O3/c1-15-10(17)3-2-9(14-15)16-8-12(19-11(16)18)4-6-13-7-5-12/h2-3,13H,4-8H2,1H3. The van der Waals surface area contributed by atoms with Crippen LogP contribution in [-0.4, -0.2) is 41.1 Å². The van der Waals surface area contributed by atoms with Crippen molar-refractivity contribution in [1.82, 2.24) is 15.1 Å². The second-order valence-corrected chi connectivity index (χ2v) is 5.04. The number of piperidine rings is 1. The lowest BCUT2D eigenvalue weighted by Gasteiger charge is -2.31. The molecule has 7 heteroatoms. The van der Waals surface area contributed by atoms with Crippen molar-refractivity contribution in [3.8, 4) is 0 Å². The molecule has 3 heterocycles. The smallest absolute Gasteiger partial charge is 0.416 e. The van der Waals surface area contributed by atoms with Gasteiger partial charge in [-0.25, -0.2) is 9.48 Å². The Kier molecular flexibility index (Phi) is 2.78. The number of carbonyl (C=O) groups is 1. The van der Waals surface area contributed by atoms with E-state index in [4.69, 9.17) is 4.74 Å². The molecule has 2 fully saturated rings. The van der Waals surface area contributed by atoms with E-state index in [-0.39, 0.29) is 11.7 Å². The predicted octanol–water partition coefficient (Wildman–Crippen LogP) is -0.141. The lowest BCUT2D eigenvalue weighted by atomic mass is 9.92. The van der Waals surface area contributed by atoms with Crippen LogP contribution in [0.15, 0.2) is 16.9 Å². The van der Waals surface area contributed by atoms with Crippen LogP contribution in [0.4, 0.5) is 10.6 Å². The largest absolute Gasteiger partial charge is 0.440 e. The van der Waals surface area contributed by atoms with Crippen molar-refractivity contribution in [1.29, 1.82) is 0 Å². The van der Waals surface area contributed by atoms with E-state index in [1.807, 2.05) is 0 Å². The normalized spacial score (nSPS) is 21.7. The number of amides is 1. The summed E-state index contributed by atoms with van der Waals surface area (Å²) in [5.74, 6) is 0.461. The molecule has 19 heavy (non-hydrogen) atoms. The molecule has 1 aromatic heterocycles. The summed E-state index contributed by atoms with van der Waals surface area (Å²) >= 11 is 0. The van der Waals surface area contributed by atoms with Gasteiger partial charge in [-0.2, -0.15) is 5.10 Å². The Morgan fingerprint density at radius 3 is 2.74 bits per heavy atom. The lowest BCUT2D eigenvalue weighted by Crippen LogP contribution is -2.45. The molecule has 102 valence electrons. The highest BCUT2D eigenvalue weighted by Gasteiger charge is 2.46. The zero-order chi connectivity index (χ0) is 13.5. The van der Waals surface area contributed by atoms with E-state index < -0.39 is 5.60 Å². The molecular weight excluding hydrogens is 248 g/mol. The molecule has 7 nitrogen and oxygen atoms in total. The van der Waals surface area contributed by atoms with Gasteiger partial charge in [-0.1, -0.05) is 0 Å². The molecule has 1 spiro atoms. The number of aromatic nitrogens is 2. The summed E-state index contributed by atoms with van der Waals surface area (Å²) < 4.78 is 6.76. The van der Waals surface area contributed by atoms with Gasteiger partial charge < -0.3 is 10.1 Å². The molecule has 0 aromatic carbocycles. The van der Waals surface area contributed by atoms with Crippen LogP contribution in [0.25, 0.3) is 0 Å².